The second-order valence-electron chi connectivity index (χ2n) is 4.43. The first kappa shape index (κ1) is 18.7. The molecular weight excluding hydrogens is 280 g/mol. The number of nitrogens with one attached hydrogen (secondary N) is 1. The Morgan fingerprint density at radius 2 is 2.15 bits per heavy atom. The van der Waals surface area contributed by atoms with Gasteiger partial charge in [-0.25, -0.2) is 0 Å². The molecule has 0 aromatic heterocycles. The number of amides is 1. The van der Waals surface area contributed by atoms with Crippen molar-refractivity contribution in [2.45, 2.75) is 25.8 Å². The number of halogens is 1. The highest BCUT2D eigenvalue weighted by Crippen LogP contribution is 2.17. The summed E-state index contributed by atoms with van der Waals surface area (Å²) >= 11 is 0. The molecule has 0 aliphatic heterocycles. The Labute approximate surface area is 126 Å². The lowest BCUT2D eigenvalue weighted by molar-refractivity contribution is -0.116. The Morgan fingerprint density at radius 1 is 1.40 bits per heavy atom. The number of methoxy groups -OCH3 is 1. The molecule has 1 atom stereocenters. The third kappa shape index (κ3) is 7.99. The molecule has 0 aliphatic rings. The maximum atomic E-state index is 11.7. The maximum absolute atomic E-state index is 11.7. The SMILES string of the molecule is COCCOc1cccc(NC(=O)CCC(C)N)c1.Cl. The Kier molecular flexibility index (Phi) is 9.80. The molecule has 0 heterocycles. The minimum atomic E-state index is -0.0358. The average Bonchev–Trinajstić information content (AvgIpc) is 2.37. The van der Waals surface area contributed by atoms with Gasteiger partial charge in [0.15, 0.2) is 0 Å². The summed E-state index contributed by atoms with van der Waals surface area (Å²) < 4.78 is 10.4. The second kappa shape index (κ2) is 10.5. The molecule has 0 fully saturated rings. The van der Waals surface area contributed by atoms with Crippen LogP contribution >= 0.6 is 12.4 Å². The molecular formula is C14H23ClN2O3. The monoisotopic (exact) mass is 302 g/mol. The van der Waals surface area contributed by atoms with Gasteiger partial charge in [-0.15, -0.1) is 12.4 Å². The number of carbonyl (C=O) groups excluding carboxylic acids is 1. The van der Waals surface area contributed by atoms with Crippen molar-refractivity contribution < 1.29 is 14.3 Å². The van der Waals surface area contributed by atoms with Crippen molar-refractivity contribution in [1.82, 2.24) is 0 Å². The van der Waals surface area contributed by atoms with Crippen molar-refractivity contribution in [3.05, 3.63) is 24.3 Å². The Hall–Kier alpha value is -1.30. The van der Waals surface area contributed by atoms with Crippen molar-refractivity contribution in [3.63, 3.8) is 0 Å². The zero-order valence-electron chi connectivity index (χ0n) is 11.9. The summed E-state index contributed by atoms with van der Waals surface area (Å²) in [6.07, 6.45) is 1.10. The number of benzene rings is 1. The summed E-state index contributed by atoms with van der Waals surface area (Å²) in [6.45, 7) is 2.90. The Morgan fingerprint density at radius 3 is 2.80 bits per heavy atom. The molecule has 0 aliphatic carbocycles. The van der Waals surface area contributed by atoms with Gasteiger partial charge in [-0.05, 0) is 25.5 Å². The Balaban J connectivity index is 0.00000361. The Bertz CT molecular complexity index is 400. The molecule has 1 aromatic carbocycles. The zero-order valence-corrected chi connectivity index (χ0v) is 12.7. The van der Waals surface area contributed by atoms with Gasteiger partial charge in [0, 0.05) is 31.3 Å². The summed E-state index contributed by atoms with van der Waals surface area (Å²) in [4.78, 5) is 11.7. The number of carbonyl (C=O) groups is 1. The van der Waals surface area contributed by atoms with E-state index in [0.717, 1.165) is 5.69 Å². The van der Waals surface area contributed by atoms with E-state index in [9.17, 15) is 4.79 Å². The lowest BCUT2D eigenvalue weighted by Crippen LogP contribution is -2.19. The van der Waals surface area contributed by atoms with E-state index in [-0.39, 0.29) is 24.4 Å². The fourth-order valence-corrected chi connectivity index (χ4v) is 1.49. The lowest BCUT2D eigenvalue weighted by atomic mass is 10.2. The highest BCUT2D eigenvalue weighted by molar-refractivity contribution is 5.90. The van der Waals surface area contributed by atoms with Crippen LogP contribution in [0.15, 0.2) is 24.3 Å². The molecule has 0 saturated heterocycles. The predicted octanol–water partition coefficient (Wildman–Crippen LogP) is 2.20. The number of rotatable bonds is 8. The third-order valence-corrected chi connectivity index (χ3v) is 2.50. The zero-order chi connectivity index (χ0) is 14.1. The average molecular weight is 303 g/mol. The van der Waals surface area contributed by atoms with Crippen LogP contribution in [0.4, 0.5) is 5.69 Å². The summed E-state index contributed by atoms with van der Waals surface area (Å²) in [5.74, 6) is 0.674. The van der Waals surface area contributed by atoms with Gasteiger partial charge in [0.05, 0.1) is 6.61 Å². The van der Waals surface area contributed by atoms with Crippen molar-refractivity contribution in [2.75, 3.05) is 25.6 Å². The van der Waals surface area contributed by atoms with Crippen LogP contribution < -0.4 is 15.8 Å². The van der Waals surface area contributed by atoms with Gasteiger partial charge >= 0.3 is 0 Å². The smallest absolute Gasteiger partial charge is 0.224 e. The van der Waals surface area contributed by atoms with Gasteiger partial charge in [-0.3, -0.25) is 4.79 Å². The molecule has 20 heavy (non-hydrogen) atoms. The van der Waals surface area contributed by atoms with E-state index < -0.39 is 0 Å². The third-order valence-electron chi connectivity index (χ3n) is 2.50. The lowest BCUT2D eigenvalue weighted by Gasteiger charge is -2.09. The van der Waals surface area contributed by atoms with E-state index in [1.807, 2.05) is 25.1 Å². The molecule has 1 rings (SSSR count). The van der Waals surface area contributed by atoms with E-state index in [2.05, 4.69) is 5.32 Å². The van der Waals surface area contributed by atoms with E-state index in [1.165, 1.54) is 0 Å². The van der Waals surface area contributed by atoms with Gasteiger partial charge in [-0.2, -0.15) is 0 Å². The minimum absolute atomic E-state index is 0. The van der Waals surface area contributed by atoms with Gasteiger partial charge in [0.1, 0.15) is 12.4 Å². The molecule has 1 amide bonds. The van der Waals surface area contributed by atoms with Crippen LogP contribution in [-0.2, 0) is 9.53 Å². The van der Waals surface area contributed by atoms with Gasteiger partial charge in [-0.1, -0.05) is 6.07 Å². The molecule has 0 spiro atoms. The van der Waals surface area contributed by atoms with E-state index in [4.69, 9.17) is 15.2 Å². The summed E-state index contributed by atoms with van der Waals surface area (Å²) in [7, 11) is 1.62. The first-order chi connectivity index (χ1) is 9.11. The molecule has 1 unspecified atom stereocenters. The minimum Gasteiger partial charge on any atom is -0.491 e. The summed E-state index contributed by atoms with van der Waals surface area (Å²) in [5.41, 5.74) is 6.34. The van der Waals surface area contributed by atoms with Crippen molar-refractivity contribution >= 4 is 24.0 Å². The van der Waals surface area contributed by atoms with Gasteiger partial charge in [0.25, 0.3) is 0 Å². The van der Waals surface area contributed by atoms with Crippen LogP contribution in [0.2, 0.25) is 0 Å². The normalized spacial score (nSPS) is 11.3. The van der Waals surface area contributed by atoms with E-state index in [1.54, 1.807) is 13.2 Å². The number of ether oxygens (including phenoxy) is 2. The number of nitrogens with two attached hydrogens (primary N) is 1. The predicted molar refractivity (Wildman–Crippen MR) is 82.6 cm³/mol. The highest BCUT2D eigenvalue weighted by Gasteiger charge is 2.05. The van der Waals surface area contributed by atoms with Crippen LogP contribution in [0.5, 0.6) is 5.75 Å². The van der Waals surface area contributed by atoms with E-state index in [0.29, 0.717) is 31.8 Å². The molecule has 5 nitrogen and oxygen atoms in total. The van der Waals surface area contributed by atoms with Crippen LogP contribution in [0.1, 0.15) is 19.8 Å². The van der Waals surface area contributed by atoms with Crippen LogP contribution in [0.25, 0.3) is 0 Å². The van der Waals surface area contributed by atoms with Crippen molar-refractivity contribution in [3.8, 4) is 5.75 Å². The first-order valence-electron chi connectivity index (χ1n) is 6.39. The van der Waals surface area contributed by atoms with E-state index >= 15 is 0 Å². The molecule has 0 bridgehead atoms. The van der Waals surface area contributed by atoms with Gasteiger partial charge < -0.3 is 20.5 Å². The first-order valence-corrected chi connectivity index (χ1v) is 6.39. The molecule has 0 radical (unpaired) electrons. The molecule has 3 N–H and O–H groups in total. The van der Waals surface area contributed by atoms with Gasteiger partial charge in [0.2, 0.25) is 5.91 Å². The molecule has 1 aromatic rings. The number of hydrogen-bond acceptors (Lipinski definition) is 4. The second-order valence-corrected chi connectivity index (χ2v) is 4.43. The van der Waals surface area contributed by atoms with Crippen molar-refractivity contribution in [2.24, 2.45) is 5.73 Å². The topological polar surface area (TPSA) is 73.6 Å². The fraction of sp³-hybridized carbons (Fsp3) is 0.500. The number of anilines is 1. The highest BCUT2D eigenvalue weighted by atomic mass is 35.5. The van der Waals surface area contributed by atoms with Crippen LogP contribution in [-0.4, -0.2) is 32.3 Å². The summed E-state index contributed by atoms with van der Waals surface area (Å²) in [5, 5.41) is 2.82. The van der Waals surface area contributed by atoms with Crippen LogP contribution in [0, 0.1) is 0 Å². The number of hydrogen-bond donors (Lipinski definition) is 2. The largest absolute Gasteiger partial charge is 0.491 e. The summed E-state index contributed by atoms with van der Waals surface area (Å²) in [6, 6.07) is 7.33. The molecule has 114 valence electrons. The standard InChI is InChI=1S/C14H22N2O3.ClH/c1-11(15)6-7-14(17)16-12-4-3-5-13(10-12)19-9-8-18-2;/h3-5,10-11H,6-9,15H2,1-2H3,(H,16,17);1H. The maximum Gasteiger partial charge on any atom is 0.224 e. The fourth-order valence-electron chi connectivity index (χ4n) is 1.49. The quantitative estimate of drug-likeness (QED) is 0.722. The van der Waals surface area contributed by atoms with Crippen molar-refractivity contribution in [1.29, 1.82) is 0 Å². The molecule has 0 saturated carbocycles. The molecule has 6 heteroatoms. The van der Waals surface area contributed by atoms with Crippen LogP contribution in [0.3, 0.4) is 0 Å².